The molecular formula is C20H24ClNO2. The first kappa shape index (κ1) is 18.7. The average molecular weight is 346 g/mol. The highest BCUT2D eigenvalue weighted by Crippen LogP contribution is 2.20. The maximum Gasteiger partial charge on any atom is 0.193 e. The Bertz CT molecular complexity index is 654. The Morgan fingerprint density at radius 1 is 1.04 bits per heavy atom. The van der Waals surface area contributed by atoms with Crippen molar-refractivity contribution in [2.45, 2.75) is 12.8 Å². The lowest BCUT2D eigenvalue weighted by atomic mass is 9.95. The van der Waals surface area contributed by atoms with E-state index in [4.69, 9.17) is 4.74 Å². The molecule has 1 aliphatic heterocycles. The summed E-state index contributed by atoms with van der Waals surface area (Å²) >= 11 is 0. The normalized spacial score (nSPS) is 16.2. The Hall–Kier alpha value is -1.68. The standard InChI is InChI=1S/C20H23NO2.ClH/c1-16(15-21-10-12-23-13-11-21)18-8-5-9-19(14-18)20(22)17-6-3-2-4-7-17;/h2-9,14,16H,10-13,15H2,1H3;1H. The monoisotopic (exact) mass is 345 g/mol. The van der Waals surface area contributed by atoms with Crippen molar-refractivity contribution in [1.29, 1.82) is 0 Å². The highest BCUT2D eigenvalue weighted by molar-refractivity contribution is 6.09. The van der Waals surface area contributed by atoms with Gasteiger partial charge in [0.1, 0.15) is 0 Å². The third kappa shape index (κ3) is 4.67. The number of ketones is 1. The topological polar surface area (TPSA) is 29.5 Å². The molecule has 0 amide bonds. The molecule has 0 saturated carbocycles. The van der Waals surface area contributed by atoms with Crippen LogP contribution in [0.1, 0.15) is 34.3 Å². The number of rotatable bonds is 5. The summed E-state index contributed by atoms with van der Waals surface area (Å²) in [6, 6.07) is 17.5. The van der Waals surface area contributed by atoms with Crippen LogP contribution in [0.4, 0.5) is 0 Å². The zero-order chi connectivity index (χ0) is 16.1. The first-order valence-electron chi connectivity index (χ1n) is 8.24. The van der Waals surface area contributed by atoms with E-state index in [2.05, 4.69) is 17.9 Å². The van der Waals surface area contributed by atoms with E-state index in [1.807, 2.05) is 48.5 Å². The summed E-state index contributed by atoms with van der Waals surface area (Å²) < 4.78 is 5.40. The van der Waals surface area contributed by atoms with Crippen LogP contribution in [0.5, 0.6) is 0 Å². The number of nitrogens with zero attached hydrogens (tertiary/aromatic N) is 1. The van der Waals surface area contributed by atoms with Gasteiger partial charge in [-0.05, 0) is 17.5 Å². The lowest BCUT2D eigenvalue weighted by Crippen LogP contribution is -2.38. The lowest BCUT2D eigenvalue weighted by Gasteiger charge is -2.29. The molecule has 2 aromatic carbocycles. The Morgan fingerprint density at radius 2 is 1.71 bits per heavy atom. The molecule has 0 bridgehead atoms. The Morgan fingerprint density at radius 3 is 2.42 bits per heavy atom. The Kier molecular flexibility index (Phi) is 6.98. The summed E-state index contributed by atoms with van der Waals surface area (Å²) in [6.45, 7) is 6.85. The minimum Gasteiger partial charge on any atom is -0.379 e. The fourth-order valence-corrected chi connectivity index (χ4v) is 3.02. The molecule has 0 spiro atoms. The zero-order valence-electron chi connectivity index (χ0n) is 14.0. The van der Waals surface area contributed by atoms with Crippen molar-refractivity contribution in [3.8, 4) is 0 Å². The first-order valence-corrected chi connectivity index (χ1v) is 8.24. The van der Waals surface area contributed by atoms with Crippen LogP contribution in [-0.4, -0.2) is 43.5 Å². The molecule has 1 fully saturated rings. The summed E-state index contributed by atoms with van der Waals surface area (Å²) in [5.41, 5.74) is 2.73. The van der Waals surface area contributed by atoms with Crippen molar-refractivity contribution < 1.29 is 9.53 Å². The number of morpholine rings is 1. The van der Waals surface area contributed by atoms with Gasteiger partial charge >= 0.3 is 0 Å². The van der Waals surface area contributed by atoms with Gasteiger partial charge in [0.05, 0.1) is 13.2 Å². The smallest absolute Gasteiger partial charge is 0.193 e. The van der Waals surface area contributed by atoms with Crippen LogP contribution >= 0.6 is 12.4 Å². The zero-order valence-corrected chi connectivity index (χ0v) is 14.8. The summed E-state index contributed by atoms with van der Waals surface area (Å²) in [5, 5.41) is 0. The van der Waals surface area contributed by atoms with E-state index in [1.54, 1.807) is 0 Å². The summed E-state index contributed by atoms with van der Waals surface area (Å²) in [5.74, 6) is 0.489. The van der Waals surface area contributed by atoms with Crippen molar-refractivity contribution in [3.05, 3.63) is 71.3 Å². The number of ether oxygens (including phenoxy) is 1. The van der Waals surface area contributed by atoms with Crippen molar-refractivity contribution >= 4 is 18.2 Å². The van der Waals surface area contributed by atoms with E-state index in [1.165, 1.54) is 5.56 Å². The molecule has 1 atom stereocenters. The van der Waals surface area contributed by atoms with Gasteiger partial charge in [0.25, 0.3) is 0 Å². The van der Waals surface area contributed by atoms with E-state index < -0.39 is 0 Å². The van der Waals surface area contributed by atoms with Crippen LogP contribution in [-0.2, 0) is 4.74 Å². The van der Waals surface area contributed by atoms with Crippen LogP contribution in [0.25, 0.3) is 0 Å². The van der Waals surface area contributed by atoms with E-state index in [9.17, 15) is 4.79 Å². The maximum absolute atomic E-state index is 12.6. The summed E-state index contributed by atoms with van der Waals surface area (Å²) in [4.78, 5) is 15.0. The predicted octanol–water partition coefficient (Wildman–Crippen LogP) is 3.78. The molecule has 1 aliphatic rings. The van der Waals surface area contributed by atoms with Gasteiger partial charge in [0, 0.05) is 30.8 Å². The van der Waals surface area contributed by atoms with E-state index >= 15 is 0 Å². The number of carbonyl (C=O) groups is 1. The van der Waals surface area contributed by atoms with Crippen LogP contribution < -0.4 is 0 Å². The average Bonchev–Trinajstić information content (AvgIpc) is 2.63. The van der Waals surface area contributed by atoms with Crippen molar-refractivity contribution in [3.63, 3.8) is 0 Å². The molecule has 4 heteroatoms. The number of hydrogen-bond donors (Lipinski definition) is 0. The van der Waals surface area contributed by atoms with Crippen LogP contribution in [0, 0.1) is 0 Å². The van der Waals surface area contributed by atoms with E-state index in [0.717, 1.165) is 44.0 Å². The number of benzene rings is 2. The first-order chi connectivity index (χ1) is 11.2. The van der Waals surface area contributed by atoms with E-state index in [-0.39, 0.29) is 18.2 Å². The van der Waals surface area contributed by atoms with Gasteiger partial charge in [0.2, 0.25) is 0 Å². The van der Waals surface area contributed by atoms with Gasteiger partial charge in [-0.1, -0.05) is 55.5 Å². The molecule has 3 rings (SSSR count). The second kappa shape index (κ2) is 8.97. The van der Waals surface area contributed by atoms with Crippen LogP contribution in [0.2, 0.25) is 0 Å². The molecule has 3 nitrogen and oxygen atoms in total. The van der Waals surface area contributed by atoms with Crippen molar-refractivity contribution in [1.82, 2.24) is 4.90 Å². The summed E-state index contributed by atoms with van der Waals surface area (Å²) in [7, 11) is 0. The molecular weight excluding hydrogens is 322 g/mol. The molecule has 0 radical (unpaired) electrons. The molecule has 1 unspecified atom stereocenters. The van der Waals surface area contributed by atoms with Crippen molar-refractivity contribution in [2.75, 3.05) is 32.8 Å². The third-order valence-electron chi connectivity index (χ3n) is 4.39. The summed E-state index contributed by atoms with van der Waals surface area (Å²) in [6.07, 6.45) is 0. The fraction of sp³-hybridized carbons (Fsp3) is 0.350. The molecule has 128 valence electrons. The minimum atomic E-state index is 0. The van der Waals surface area contributed by atoms with Gasteiger partial charge in [-0.15, -0.1) is 12.4 Å². The van der Waals surface area contributed by atoms with Gasteiger partial charge in [-0.2, -0.15) is 0 Å². The second-order valence-electron chi connectivity index (χ2n) is 6.13. The highest BCUT2D eigenvalue weighted by atomic mass is 35.5. The van der Waals surface area contributed by atoms with Gasteiger partial charge in [0.15, 0.2) is 5.78 Å². The maximum atomic E-state index is 12.6. The highest BCUT2D eigenvalue weighted by Gasteiger charge is 2.16. The predicted molar refractivity (Wildman–Crippen MR) is 99.2 cm³/mol. The number of halogens is 1. The van der Waals surface area contributed by atoms with Gasteiger partial charge in [-0.3, -0.25) is 9.69 Å². The number of hydrogen-bond acceptors (Lipinski definition) is 3. The number of carbonyl (C=O) groups excluding carboxylic acids is 1. The van der Waals surface area contributed by atoms with Crippen LogP contribution in [0.3, 0.4) is 0 Å². The SMILES string of the molecule is CC(CN1CCOCC1)c1cccc(C(=O)c2ccccc2)c1.Cl. The molecule has 24 heavy (non-hydrogen) atoms. The van der Waals surface area contributed by atoms with Gasteiger partial charge < -0.3 is 4.74 Å². The fourth-order valence-electron chi connectivity index (χ4n) is 3.02. The molecule has 1 saturated heterocycles. The quantitative estimate of drug-likeness (QED) is 0.772. The third-order valence-corrected chi connectivity index (χ3v) is 4.39. The van der Waals surface area contributed by atoms with E-state index in [0.29, 0.717) is 5.92 Å². The molecule has 0 N–H and O–H groups in total. The molecule has 1 heterocycles. The lowest BCUT2D eigenvalue weighted by molar-refractivity contribution is 0.0357. The molecule has 0 aromatic heterocycles. The van der Waals surface area contributed by atoms with Crippen LogP contribution in [0.15, 0.2) is 54.6 Å². The Balaban J connectivity index is 0.00000208. The van der Waals surface area contributed by atoms with Crippen molar-refractivity contribution in [2.24, 2.45) is 0 Å². The molecule has 2 aromatic rings. The Labute approximate surface area is 150 Å². The molecule has 0 aliphatic carbocycles. The second-order valence-corrected chi connectivity index (χ2v) is 6.13. The van der Waals surface area contributed by atoms with Gasteiger partial charge in [-0.25, -0.2) is 0 Å². The largest absolute Gasteiger partial charge is 0.379 e. The minimum absolute atomic E-state index is 0.